The average Bonchev–Trinajstić information content (AvgIpc) is 2.30. The van der Waals surface area contributed by atoms with E-state index in [4.69, 9.17) is 5.26 Å². The number of allylic oxidation sites excluding steroid dienone is 1. The number of benzene rings is 1. The van der Waals surface area contributed by atoms with Crippen molar-refractivity contribution in [2.45, 2.75) is 6.17 Å². The molecule has 15 heavy (non-hydrogen) atoms. The second-order valence-electron chi connectivity index (χ2n) is 3.44. The fourth-order valence-corrected chi connectivity index (χ4v) is 1.38. The average molecular weight is 195 g/mol. The molecule has 1 aromatic carbocycles. The van der Waals surface area contributed by atoms with Crippen LogP contribution in [0, 0.1) is 11.3 Å². The van der Waals surface area contributed by atoms with Crippen LogP contribution in [0.5, 0.6) is 0 Å². The third-order valence-corrected chi connectivity index (χ3v) is 2.27. The summed E-state index contributed by atoms with van der Waals surface area (Å²) in [5.74, 6) is 0. The standard InChI is InChI=1S/C11H10BN3/c12-10-3-1-8(2-4-10)9-6-14-11(5-13)15-7-9/h1-4,6-7,11,14H,12H2. The van der Waals surface area contributed by atoms with Crippen molar-refractivity contribution in [3.63, 3.8) is 0 Å². The zero-order chi connectivity index (χ0) is 10.7. The number of aliphatic imine (C=N–C) groups is 1. The van der Waals surface area contributed by atoms with Gasteiger partial charge >= 0.3 is 0 Å². The smallest absolute Gasteiger partial charge is 0.206 e. The van der Waals surface area contributed by atoms with Gasteiger partial charge in [-0.05, 0) is 5.56 Å². The molecule has 1 heterocycles. The van der Waals surface area contributed by atoms with E-state index in [2.05, 4.69) is 30.3 Å². The van der Waals surface area contributed by atoms with Gasteiger partial charge in [0.2, 0.25) is 6.17 Å². The third-order valence-electron chi connectivity index (χ3n) is 2.27. The minimum atomic E-state index is -0.445. The van der Waals surface area contributed by atoms with Crippen LogP contribution < -0.4 is 10.8 Å². The van der Waals surface area contributed by atoms with E-state index in [9.17, 15) is 0 Å². The molecule has 0 spiro atoms. The van der Waals surface area contributed by atoms with Crippen LogP contribution in [-0.4, -0.2) is 20.2 Å². The molecule has 1 aromatic rings. The summed E-state index contributed by atoms with van der Waals surface area (Å²) in [6.45, 7) is 0. The molecule has 0 bridgehead atoms. The molecule has 2 rings (SSSR count). The van der Waals surface area contributed by atoms with Crippen molar-refractivity contribution in [2.24, 2.45) is 4.99 Å². The monoisotopic (exact) mass is 195 g/mol. The van der Waals surface area contributed by atoms with Crippen LogP contribution in [0.4, 0.5) is 0 Å². The van der Waals surface area contributed by atoms with Crippen molar-refractivity contribution < 1.29 is 0 Å². The normalized spacial score (nSPS) is 18.9. The van der Waals surface area contributed by atoms with Crippen LogP contribution in [-0.2, 0) is 0 Å². The lowest BCUT2D eigenvalue weighted by atomic mass is 9.94. The summed E-state index contributed by atoms with van der Waals surface area (Å²) < 4.78 is 0. The molecular weight excluding hydrogens is 185 g/mol. The van der Waals surface area contributed by atoms with Gasteiger partial charge in [0.1, 0.15) is 13.9 Å². The Kier molecular flexibility index (Phi) is 2.55. The molecule has 4 heteroatoms. The van der Waals surface area contributed by atoms with Gasteiger partial charge in [-0.15, -0.1) is 0 Å². The Morgan fingerprint density at radius 1 is 1.33 bits per heavy atom. The summed E-state index contributed by atoms with van der Waals surface area (Å²) in [7, 11) is 2.05. The Hall–Kier alpha value is -2.02. The first-order valence-electron chi connectivity index (χ1n) is 4.75. The molecule has 0 radical (unpaired) electrons. The fraction of sp³-hybridized carbons (Fsp3) is 0.0909. The molecule has 1 unspecified atom stereocenters. The van der Waals surface area contributed by atoms with E-state index in [1.54, 1.807) is 6.21 Å². The van der Waals surface area contributed by atoms with Crippen LogP contribution >= 0.6 is 0 Å². The first kappa shape index (κ1) is 9.54. The highest BCUT2D eigenvalue weighted by Crippen LogP contribution is 2.12. The maximum absolute atomic E-state index is 8.63. The molecule has 0 amide bonds. The summed E-state index contributed by atoms with van der Waals surface area (Å²) in [5, 5.41) is 11.5. The Labute approximate surface area is 89.6 Å². The maximum Gasteiger partial charge on any atom is 0.206 e. The lowest BCUT2D eigenvalue weighted by Crippen LogP contribution is -2.23. The quantitative estimate of drug-likeness (QED) is 0.631. The highest BCUT2D eigenvalue weighted by atomic mass is 15.1. The van der Waals surface area contributed by atoms with Gasteiger partial charge in [0.15, 0.2) is 0 Å². The van der Waals surface area contributed by atoms with Gasteiger partial charge in [0.25, 0.3) is 0 Å². The van der Waals surface area contributed by atoms with Gasteiger partial charge in [-0.1, -0.05) is 29.7 Å². The Balaban J connectivity index is 2.21. The zero-order valence-electron chi connectivity index (χ0n) is 8.44. The number of hydrogen-bond acceptors (Lipinski definition) is 3. The van der Waals surface area contributed by atoms with Gasteiger partial charge in [0, 0.05) is 18.0 Å². The van der Waals surface area contributed by atoms with Gasteiger partial charge in [-0.25, -0.2) is 0 Å². The lowest BCUT2D eigenvalue weighted by Gasteiger charge is -2.12. The summed E-state index contributed by atoms with van der Waals surface area (Å²) in [6, 6.07) is 10.2. The van der Waals surface area contributed by atoms with Crippen molar-refractivity contribution in [2.75, 3.05) is 0 Å². The minimum absolute atomic E-state index is 0.445. The molecule has 3 nitrogen and oxygen atoms in total. The Morgan fingerprint density at radius 2 is 2.07 bits per heavy atom. The predicted octanol–water partition coefficient (Wildman–Crippen LogP) is -0.190. The van der Waals surface area contributed by atoms with Gasteiger partial charge in [-0.2, -0.15) is 5.26 Å². The molecular formula is C11H10BN3. The first-order chi connectivity index (χ1) is 7.29. The molecule has 0 saturated carbocycles. The van der Waals surface area contributed by atoms with Crippen LogP contribution in [0.2, 0.25) is 0 Å². The molecule has 1 atom stereocenters. The minimum Gasteiger partial charge on any atom is -0.358 e. The highest BCUT2D eigenvalue weighted by Gasteiger charge is 2.07. The summed E-state index contributed by atoms with van der Waals surface area (Å²) >= 11 is 0. The van der Waals surface area contributed by atoms with Crippen molar-refractivity contribution in [3.8, 4) is 6.07 Å². The molecule has 0 saturated heterocycles. The van der Waals surface area contributed by atoms with Crippen molar-refractivity contribution in [1.82, 2.24) is 5.32 Å². The molecule has 1 N–H and O–H groups in total. The van der Waals surface area contributed by atoms with Crippen molar-refractivity contribution >= 4 is 25.1 Å². The van der Waals surface area contributed by atoms with E-state index in [1.807, 2.05) is 24.4 Å². The number of nitrogens with zero attached hydrogens (tertiary/aromatic N) is 2. The van der Waals surface area contributed by atoms with Crippen LogP contribution in [0.1, 0.15) is 5.56 Å². The lowest BCUT2D eigenvalue weighted by molar-refractivity contribution is 0.749. The molecule has 72 valence electrons. The summed E-state index contributed by atoms with van der Waals surface area (Å²) in [4.78, 5) is 4.06. The molecule has 1 aliphatic rings. The largest absolute Gasteiger partial charge is 0.358 e. The molecule has 0 aliphatic carbocycles. The molecule has 0 fully saturated rings. The Bertz CT molecular complexity index is 454. The SMILES string of the molecule is Bc1ccc(C2=CNC(C#N)N=C2)cc1. The summed E-state index contributed by atoms with van der Waals surface area (Å²) in [6.07, 6.45) is 3.11. The van der Waals surface area contributed by atoms with Gasteiger partial charge in [-0.3, -0.25) is 4.99 Å². The number of nitrogens with one attached hydrogen (secondary N) is 1. The zero-order valence-corrected chi connectivity index (χ0v) is 8.44. The van der Waals surface area contributed by atoms with Crippen LogP contribution in [0.25, 0.3) is 5.57 Å². The summed E-state index contributed by atoms with van der Waals surface area (Å²) in [5.41, 5.74) is 3.34. The van der Waals surface area contributed by atoms with E-state index in [0.717, 1.165) is 11.1 Å². The topological polar surface area (TPSA) is 48.2 Å². The second-order valence-corrected chi connectivity index (χ2v) is 3.44. The number of hydrogen-bond donors (Lipinski definition) is 1. The number of nitriles is 1. The van der Waals surface area contributed by atoms with E-state index in [1.165, 1.54) is 5.46 Å². The third kappa shape index (κ3) is 2.08. The van der Waals surface area contributed by atoms with E-state index < -0.39 is 6.17 Å². The Morgan fingerprint density at radius 3 is 2.60 bits per heavy atom. The fourth-order valence-electron chi connectivity index (χ4n) is 1.38. The van der Waals surface area contributed by atoms with Gasteiger partial charge in [0.05, 0.1) is 0 Å². The predicted molar refractivity (Wildman–Crippen MR) is 63.6 cm³/mol. The van der Waals surface area contributed by atoms with E-state index >= 15 is 0 Å². The van der Waals surface area contributed by atoms with Crippen LogP contribution in [0.3, 0.4) is 0 Å². The molecule has 1 aliphatic heterocycles. The highest BCUT2D eigenvalue weighted by molar-refractivity contribution is 6.32. The van der Waals surface area contributed by atoms with E-state index in [-0.39, 0.29) is 0 Å². The molecule has 0 aromatic heterocycles. The van der Waals surface area contributed by atoms with Crippen molar-refractivity contribution in [3.05, 3.63) is 36.0 Å². The van der Waals surface area contributed by atoms with E-state index in [0.29, 0.717) is 0 Å². The maximum atomic E-state index is 8.63. The second kappa shape index (κ2) is 4.01. The van der Waals surface area contributed by atoms with Crippen LogP contribution in [0.15, 0.2) is 35.5 Å². The first-order valence-corrected chi connectivity index (χ1v) is 4.75. The van der Waals surface area contributed by atoms with Crippen molar-refractivity contribution in [1.29, 1.82) is 5.26 Å². The van der Waals surface area contributed by atoms with Gasteiger partial charge < -0.3 is 5.32 Å². The number of rotatable bonds is 1.